The molecular formula is C17H29ClN2O. The third kappa shape index (κ3) is 6.96. The molecule has 2 unspecified atom stereocenters. The molecule has 0 radical (unpaired) electrons. The number of carbonyl (C=O) groups excluding carboxylic acids is 1. The van der Waals surface area contributed by atoms with Gasteiger partial charge in [-0.2, -0.15) is 0 Å². The maximum Gasteiger partial charge on any atom is 0.220 e. The van der Waals surface area contributed by atoms with Crippen LogP contribution in [0, 0.1) is 5.92 Å². The van der Waals surface area contributed by atoms with Crippen LogP contribution in [0.5, 0.6) is 0 Å². The molecule has 2 atom stereocenters. The van der Waals surface area contributed by atoms with Crippen molar-refractivity contribution >= 4 is 18.3 Å². The molecule has 0 aliphatic rings. The molecule has 0 fully saturated rings. The summed E-state index contributed by atoms with van der Waals surface area (Å²) >= 11 is 0. The van der Waals surface area contributed by atoms with E-state index in [9.17, 15) is 4.79 Å². The summed E-state index contributed by atoms with van der Waals surface area (Å²) in [7, 11) is 0. The summed E-state index contributed by atoms with van der Waals surface area (Å²) < 4.78 is 0. The number of hydrogen-bond donors (Lipinski definition) is 2. The Labute approximate surface area is 135 Å². The topological polar surface area (TPSA) is 55.1 Å². The van der Waals surface area contributed by atoms with E-state index in [2.05, 4.69) is 50.4 Å². The van der Waals surface area contributed by atoms with E-state index in [1.807, 2.05) is 6.92 Å². The molecule has 120 valence electrons. The predicted octanol–water partition coefficient (Wildman–Crippen LogP) is 3.61. The van der Waals surface area contributed by atoms with Gasteiger partial charge in [0.05, 0.1) is 6.04 Å². The van der Waals surface area contributed by atoms with Crippen molar-refractivity contribution in [2.45, 2.75) is 59.0 Å². The summed E-state index contributed by atoms with van der Waals surface area (Å²) in [5.74, 6) is 0.447. The van der Waals surface area contributed by atoms with Crippen LogP contribution in [0.1, 0.15) is 57.7 Å². The molecule has 3 nitrogen and oxygen atoms in total. The van der Waals surface area contributed by atoms with E-state index in [4.69, 9.17) is 5.73 Å². The minimum Gasteiger partial charge on any atom is -0.349 e. The van der Waals surface area contributed by atoms with Crippen LogP contribution in [0.4, 0.5) is 0 Å². The molecule has 1 aromatic rings. The Balaban J connectivity index is 0.00000400. The van der Waals surface area contributed by atoms with Crippen molar-refractivity contribution in [1.29, 1.82) is 0 Å². The van der Waals surface area contributed by atoms with Crippen molar-refractivity contribution in [2.75, 3.05) is 0 Å². The molecule has 1 aromatic carbocycles. The number of nitrogens with one attached hydrogen (secondary N) is 1. The third-order valence-electron chi connectivity index (χ3n) is 3.56. The first-order chi connectivity index (χ1) is 9.43. The van der Waals surface area contributed by atoms with Crippen LogP contribution < -0.4 is 11.1 Å². The van der Waals surface area contributed by atoms with Gasteiger partial charge in [-0.3, -0.25) is 4.79 Å². The van der Waals surface area contributed by atoms with Crippen molar-refractivity contribution in [3.8, 4) is 0 Å². The predicted molar refractivity (Wildman–Crippen MR) is 91.7 cm³/mol. The Morgan fingerprint density at radius 3 is 2.19 bits per heavy atom. The molecular weight excluding hydrogens is 284 g/mol. The van der Waals surface area contributed by atoms with E-state index in [1.165, 1.54) is 11.1 Å². The number of rotatable bonds is 7. The van der Waals surface area contributed by atoms with Crippen LogP contribution in [0.15, 0.2) is 24.3 Å². The molecule has 21 heavy (non-hydrogen) atoms. The maximum absolute atomic E-state index is 12.0. The number of nitrogens with two attached hydrogens (primary N) is 1. The smallest absolute Gasteiger partial charge is 0.220 e. The zero-order chi connectivity index (χ0) is 15.1. The average Bonchev–Trinajstić information content (AvgIpc) is 2.42. The fraction of sp³-hybridized carbons (Fsp3) is 0.588. The van der Waals surface area contributed by atoms with Gasteiger partial charge < -0.3 is 11.1 Å². The van der Waals surface area contributed by atoms with Gasteiger partial charge in [-0.05, 0) is 36.8 Å². The average molecular weight is 313 g/mol. The van der Waals surface area contributed by atoms with Gasteiger partial charge >= 0.3 is 0 Å². The first-order valence-corrected chi connectivity index (χ1v) is 7.57. The monoisotopic (exact) mass is 312 g/mol. The van der Waals surface area contributed by atoms with Crippen LogP contribution in [0.2, 0.25) is 0 Å². The number of halogens is 1. The molecule has 0 aliphatic heterocycles. The number of hydrogen-bond acceptors (Lipinski definition) is 2. The summed E-state index contributed by atoms with van der Waals surface area (Å²) in [4.78, 5) is 12.0. The van der Waals surface area contributed by atoms with Crippen molar-refractivity contribution in [3.63, 3.8) is 0 Å². The largest absolute Gasteiger partial charge is 0.349 e. The summed E-state index contributed by atoms with van der Waals surface area (Å²) in [5.41, 5.74) is 8.19. The van der Waals surface area contributed by atoms with Crippen LogP contribution in [0.3, 0.4) is 0 Å². The molecule has 3 N–H and O–H groups in total. The maximum atomic E-state index is 12.0. The van der Waals surface area contributed by atoms with Crippen molar-refractivity contribution in [3.05, 3.63) is 35.4 Å². The van der Waals surface area contributed by atoms with E-state index in [1.54, 1.807) is 0 Å². The Morgan fingerprint density at radius 1 is 1.19 bits per heavy atom. The SMILES string of the molecule is CCc1ccc(C(NC(=O)CCC(C)N)C(C)C)cc1.Cl. The molecule has 0 aliphatic carbocycles. The second-order valence-electron chi connectivity index (χ2n) is 5.90. The van der Waals surface area contributed by atoms with E-state index in [0.29, 0.717) is 12.3 Å². The zero-order valence-corrected chi connectivity index (χ0v) is 14.4. The van der Waals surface area contributed by atoms with Gasteiger partial charge in [0.25, 0.3) is 0 Å². The summed E-state index contributed by atoms with van der Waals surface area (Å²) in [6.45, 7) is 8.33. The highest BCUT2D eigenvalue weighted by Crippen LogP contribution is 2.22. The molecule has 0 bridgehead atoms. The van der Waals surface area contributed by atoms with E-state index < -0.39 is 0 Å². The van der Waals surface area contributed by atoms with E-state index >= 15 is 0 Å². The highest BCUT2D eigenvalue weighted by atomic mass is 35.5. The van der Waals surface area contributed by atoms with Crippen LogP contribution in [0.25, 0.3) is 0 Å². The lowest BCUT2D eigenvalue weighted by Gasteiger charge is -2.23. The first-order valence-electron chi connectivity index (χ1n) is 7.57. The number of benzene rings is 1. The number of carbonyl (C=O) groups is 1. The van der Waals surface area contributed by atoms with Gasteiger partial charge in [0.1, 0.15) is 0 Å². The second-order valence-corrected chi connectivity index (χ2v) is 5.90. The molecule has 0 saturated carbocycles. The van der Waals surface area contributed by atoms with Gasteiger partial charge in [-0.25, -0.2) is 0 Å². The Kier molecular flexibility index (Phi) is 9.31. The molecule has 0 heterocycles. The molecule has 0 saturated heterocycles. The second kappa shape index (κ2) is 9.80. The quantitative estimate of drug-likeness (QED) is 0.808. The van der Waals surface area contributed by atoms with Crippen molar-refractivity contribution in [2.24, 2.45) is 11.7 Å². The lowest BCUT2D eigenvalue weighted by molar-refractivity contribution is -0.122. The molecule has 4 heteroatoms. The summed E-state index contributed by atoms with van der Waals surface area (Å²) in [6, 6.07) is 8.66. The van der Waals surface area contributed by atoms with E-state index in [0.717, 1.165) is 12.8 Å². The van der Waals surface area contributed by atoms with Gasteiger partial charge in [-0.15, -0.1) is 12.4 Å². The minimum atomic E-state index is 0. The normalized spacial score (nSPS) is 13.4. The van der Waals surface area contributed by atoms with Gasteiger partial charge in [-0.1, -0.05) is 45.0 Å². The van der Waals surface area contributed by atoms with Crippen molar-refractivity contribution < 1.29 is 4.79 Å². The lowest BCUT2D eigenvalue weighted by Crippen LogP contribution is -2.32. The van der Waals surface area contributed by atoms with Gasteiger partial charge in [0.2, 0.25) is 5.91 Å². The highest BCUT2D eigenvalue weighted by Gasteiger charge is 2.18. The highest BCUT2D eigenvalue weighted by molar-refractivity contribution is 5.85. The zero-order valence-electron chi connectivity index (χ0n) is 13.6. The first kappa shape index (κ1) is 19.9. The number of amides is 1. The standard InChI is InChI=1S/C17H28N2O.ClH/c1-5-14-7-9-15(10-8-14)17(12(2)3)19-16(20)11-6-13(4)18;/h7-10,12-13,17H,5-6,11,18H2,1-4H3,(H,19,20);1H. The van der Waals surface area contributed by atoms with Crippen LogP contribution >= 0.6 is 12.4 Å². The third-order valence-corrected chi connectivity index (χ3v) is 3.56. The summed E-state index contributed by atoms with van der Waals surface area (Å²) in [5, 5.41) is 3.13. The Morgan fingerprint density at radius 2 is 1.76 bits per heavy atom. The van der Waals surface area contributed by atoms with Crippen LogP contribution in [-0.4, -0.2) is 11.9 Å². The number of aryl methyl sites for hydroxylation is 1. The minimum absolute atomic E-state index is 0. The fourth-order valence-electron chi connectivity index (χ4n) is 2.20. The van der Waals surface area contributed by atoms with Crippen molar-refractivity contribution in [1.82, 2.24) is 5.32 Å². The van der Waals surface area contributed by atoms with Gasteiger partial charge in [0.15, 0.2) is 0 Å². The summed E-state index contributed by atoms with van der Waals surface area (Å²) in [6.07, 6.45) is 2.26. The molecule has 0 spiro atoms. The van der Waals surface area contributed by atoms with Gasteiger partial charge in [0, 0.05) is 12.5 Å². The van der Waals surface area contributed by atoms with E-state index in [-0.39, 0.29) is 30.4 Å². The fourth-order valence-corrected chi connectivity index (χ4v) is 2.20. The molecule has 1 rings (SSSR count). The molecule has 0 aromatic heterocycles. The lowest BCUT2D eigenvalue weighted by atomic mass is 9.94. The Hall–Kier alpha value is -1.06. The Bertz CT molecular complexity index is 415. The van der Waals surface area contributed by atoms with Crippen LogP contribution in [-0.2, 0) is 11.2 Å². The molecule has 1 amide bonds.